The Kier molecular flexibility index (Phi) is 5.74. The molecule has 112 valence electrons. The molecule has 1 aromatic carbocycles. The summed E-state index contributed by atoms with van der Waals surface area (Å²) in [7, 11) is -3.38. The van der Waals surface area contributed by atoms with Crippen molar-refractivity contribution in [3.8, 4) is 0 Å². The quantitative estimate of drug-likeness (QED) is 0.847. The van der Waals surface area contributed by atoms with Gasteiger partial charge in [-0.15, -0.1) is 0 Å². The Bertz CT molecular complexity index is 508. The van der Waals surface area contributed by atoms with E-state index in [0.29, 0.717) is 16.7 Å². The molecule has 1 aliphatic heterocycles. The van der Waals surface area contributed by atoms with E-state index in [1.165, 1.54) is 12.8 Å². The van der Waals surface area contributed by atoms with Crippen molar-refractivity contribution in [3.05, 3.63) is 24.3 Å². The highest BCUT2D eigenvalue weighted by Gasteiger charge is 2.19. The minimum Gasteiger partial charge on any atom is -0.385 e. The lowest BCUT2D eigenvalue weighted by atomic mass is 10.2. The summed E-state index contributed by atoms with van der Waals surface area (Å²) >= 11 is 1.87. The molecule has 0 aliphatic carbocycles. The molecule has 0 saturated carbocycles. The molecule has 1 fully saturated rings. The van der Waals surface area contributed by atoms with E-state index in [2.05, 4.69) is 10.0 Å². The highest BCUT2D eigenvalue weighted by molar-refractivity contribution is 8.00. The first-order valence-corrected chi connectivity index (χ1v) is 9.60. The third-order valence-electron chi connectivity index (χ3n) is 3.32. The Labute approximate surface area is 125 Å². The second-order valence-electron chi connectivity index (χ2n) is 4.90. The molecule has 1 heterocycles. The van der Waals surface area contributed by atoms with E-state index >= 15 is 0 Å². The van der Waals surface area contributed by atoms with Gasteiger partial charge in [0.1, 0.15) is 0 Å². The maximum atomic E-state index is 12.2. The highest BCUT2D eigenvalue weighted by Crippen LogP contribution is 2.24. The summed E-state index contributed by atoms with van der Waals surface area (Å²) in [5, 5.41) is 3.57. The van der Waals surface area contributed by atoms with Crippen molar-refractivity contribution in [1.82, 2.24) is 4.72 Å². The Morgan fingerprint density at radius 2 is 2.00 bits per heavy atom. The lowest BCUT2D eigenvalue weighted by Gasteiger charge is -2.21. The van der Waals surface area contributed by atoms with Crippen LogP contribution in [0.3, 0.4) is 0 Å². The summed E-state index contributed by atoms with van der Waals surface area (Å²) in [6, 6.07) is 6.89. The van der Waals surface area contributed by atoms with Gasteiger partial charge in [-0.2, -0.15) is 11.8 Å². The average molecular weight is 314 g/mol. The third-order valence-corrected chi connectivity index (χ3v) is 6.16. The fraction of sp³-hybridized carbons (Fsp3) is 0.571. The summed E-state index contributed by atoms with van der Waals surface area (Å²) in [6.45, 7) is 3.36. The maximum absolute atomic E-state index is 12.2. The summed E-state index contributed by atoms with van der Waals surface area (Å²) in [4.78, 5) is 0.333. The molecule has 0 radical (unpaired) electrons. The topological polar surface area (TPSA) is 58.2 Å². The zero-order chi connectivity index (χ0) is 14.4. The molecule has 6 heteroatoms. The van der Waals surface area contributed by atoms with E-state index in [4.69, 9.17) is 0 Å². The predicted octanol–water partition coefficient (Wildman–Crippen LogP) is 2.68. The second kappa shape index (κ2) is 7.33. The summed E-state index contributed by atoms with van der Waals surface area (Å²) in [6.07, 6.45) is 3.56. The molecule has 2 rings (SSSR count). The van der Waals surface area contributed by atoms with E-state index in [0.717, 1.165) is 24.4 Å². The van der Waals surface area contributed by atoms with E-state index in [1.54, 1.807) is 24.3 Å². The Balaban J connectivity index is 1.94. The van der Waals surface area contributed by atoms with Gasteiger partial charge in [0.2, 0.25) is 10.0 Å². The normalized spacial score (nSPS) is 19.8. The van der Waals surface area contributed by atoms with Gasteiger partial charge in [0, 0.05) is 24.0 Å². The van der Waals surface area contributed by atoms with Crippen molar-refractivity contribution in [2.45, 2.75) is 36.3 Å². The molecular weight excluding hydrogens is 292 g/mol. The zero-order valence-corrected chi connectivity index (χ0v) is 13.4. The van der Waals surface area contributed by atoms with Crippen LogP contribution in [-0.4, -0.2) is 32.5 Å². The molecular formula is C14H22N2O2S2. The molecule has 1 saturated heterocycles. The molecule has 0 spiro atoms. The van der Waals surface area contributed by atoms with Gasteiger partial charge in [0.25, 0.3) is 0 Å². The fourth-order valence-corrected chi connectivity index (χ4v) is 4.64. The molecule has 1 unspecified atom stereocenters. The van der Waals surface area contributed by atoms with Gasteiger partial charge in [-0.1, -0.05) is 6.42 Å². The predicted molar refractivity (Wildman–Crippen MR) is 85.9 cm³/mol. The minimum atomic E-state index is -3.38. The van der Waals surface area contributed by atoms with Crippen molar-refractivity contribution in [1.29, 1.82) is 0 Å². The number of anilines is 1. The van der Waals surface area contributed by atoms with E-state index in [9.17, 15) is 8.42 Å². The monoisotopic (exact) mass is 314 g/mol. The highest BCUT2D eigenvalue weighted by atomic mass is 32.2. The number of hydrogen-bond acceptors (Lipinski definition) is 4. The first kappa shape index (κ1) is 15.7. The van der Waals surface area contributed by atoms with Crippen molar-refractivity contribution >= 4 is 27.5 Å². The van der Waals surface area contributed by atoms with Crippen molar-refractivity contribution < 1.29 is 8.42 Å². The number of nitrogens with one attached hydrogen (secondary N) is 2. The molecule has 2 N–H and O–H groups in total. The zero-order valence-electron chi connectivity index (χ0n) is 11.8. The summed E-state index contributed by atoms with van der Waals surface area (Å²) in [5.41, 5.74) is 0.939. The van der Waals surface area contributed by atoms with Gasteiger partial charge >= 0.3 is 0 Å². The van der Waals surface area contributed by atoms with Gasteiger partial charge in [0.15, 0.2) is 0 Å². The van der Waals surface area contributed by atoms with Gasteiger partial charge in [-0.25, -0.2) is 13.1 Å². The van der Waals surface area contributed by atoms with Gasteiger partial charge in [-0.3, -0.25) is 0 Å². The molecule has 1 aliphatic rings. The fourth-order valence-electron chi connectivity index (χ4n) is 2.21. The van der Waals surface area contributed by atoms with Crippen LogP contribution in [0, 0.1) is 0 Å². The van der Waals surface area contributed by atoms with E-state index in [-0.39, 0.29) is 0 Å². The van der Waals surface area contributed by atoms with Crippen LogP contribution in [0.5, 0.6) is 0 Å². The number of thioether (sulfide) groups is 1. The SMILES string of the molecule is CCNc1ccc(S(=O)(=O)NCC2CCCCS2)cc1. The minimum absolute atomic E-state index is 0.333. The lowest BCUT2D eigenvalue weighted by Crippen LogP contribution is -2.31. The average Bonchev–Trinajstić information content (AvgIpc) is 2.47. The largest absolute Gasteiger partial charge is 0.385 e. The van der Waals surface area contributed by atoms with Crippen LogP contribution in [0.1, 0.15) is 26.2 Å². The first-order valence-electron chi connectivity index (χ1n) is 7.07. The van der Waals surface area contributed by atoms with Crippen LogP contribution in [-0.2, 0) is 10.0 Å². The second-order valence-corrected chi connectivity index (χ2v) is 8.07. The van der Waals surface area contributed by atoms with Crippen LogP contribution < -0.4 is 10.0 Å². The lowest BCUT2D eigenvalue weighted by molar-refractivity contribution is 0.574. The van der Waals surface area contributed by atoms with Crippen LogP contribution in [0.25, 0.3) is 0 Å². The number of rotatable bonds is 6. The Morgan fingerprint density at radius 1 is 1.25 bits per heavy atom. The van der Waals surface area contributed by atoms with Crippen LogP contribution in [0.2, 0.25) is 0 Å². The van der Waals surface area contributed by atoms with Crippen molar-refractivity contribution in [3.63, 3.8) is 0 Å². The molecule has 0 amide bonds. The van der Waals surface area contributed by atoms with Gasteiger partial charge in [-0.05, 0) is 49.8 Å². The molecule has 0 aromatic heterocycles. The van der Waals surface area contributed by atoms with E-state index < -0.39 is 10.0 Å². The number of benzene rings is 1. The molecule has 20 heavy (non-hydrogen) atoms. The Morgan fingerprint density at radius 3 is 2.60 bits per heavy atom. The molecule has 4 nitrogen and oxygen atoms in total. The summed E-state index contributed by atoms with van der Waals surface area (Å²) < 4.78 is 27.1. The van der Waals surface area contributed by atoms with Gasteiger partial charge in [0.05, 0.1) is 4.90 Å². The number of sulfonamides is 1. The van der Waals surface area contributed by atoms with Crippen LogP contribution in [0.15, 0.2) is 29.2 Å². The van der Waals surface area contributed by atoms with Crippen LogP contribution >= 0.6 is 11.8 Å². The van der Waals surface area contributed by atoms with E-state index in [1.807, 2.05) is 18.7 Å². The molecule has 0 bridgehead atoms. The van der Waals surface area contributed by atoms with Crippen molar-refractivity contribution in [2.24, 2.45) is 0 Å². The Hall–Kier alpha value is -0.720. The molecule has 1 atom stereocenters. The smallest absolute Gasteiger partial charge is 0.240 e. The number of hydrogen-bond donors (Lipinski definition) is 2. The van der Waals surface area contributed by atoms with Gasteiger partial charge < -0.3 is 5.32 Å². The first-order chi connectivity index (χ1) is 9.62. The van der Waals surface area contributed by atoms with Crippen molar-refractivity contribution in [2.75, 3.05) is 24.2 Å². The standard InChI is InChI=1S/C14H22N2O2S2/c1-2-15-12-6-8-14(9-7-12)20(17,18)16-11-13-5-3-4-10-19-13/h6-9,13,15-16H,2-5,10-11H2,1H3. The van der Waals surface area contributed by atoms with Crippen LogP contribution in [0.4, 0.5) is 5.69 Å². The third kappa shape index (κ3) is 4.40. The summed E-state index contributed by atoms with van der Waals surface area (Å²) in [5.74, 6) is 1.14. The maximum Gasteiger partial charge on any atom is 0.240 e. The molecule has 1 aromatic rings.